The fraction of sp³-hybridized carbons (Fsp3) is 0.348. The van der Waals surface area contributed by atoms with E-state index < -0.39 is 16.8 Å². The van der Waals surface area contributed by atoms with E-state index in [2.05, 4.69) is 0 Å². The molecule has 0 bridgehead atoms. The molecule has 0 saturated carbocycles. The molecule has 0 radical (unpaired) electrons. The van der Waals surface area contributed by atoms with Crippen molar-refractivity contribution in [3.05, 3.63) is 52.8 Å². The van der Waals surface area contributed by atoms with E-state index >= 15 is 0 Å². The highest BCUT2D eigenvalue weighted by atomic mass is 16.5. The lowest BCUT2D eigenvalue weighted by atomic mass is 9.94. The Hall–Kier alpha value is -2.95. The Morgan fingerprint density at radius 2 is 1.43 bits per heavy atom. The first-order valence-corrected chi connectivity index (χ1v) is 9.15. The van der Waals surface area contributed by atoms with Crippen LogP contribution in [0, 0.1) is 10.8 Å². The van der Waals surface area contributed by atoms with E-state index in [1.165, 1.54) is 6.08 Å². The minimum atomic E-state index is -0.704. The van der Waals surface area contributed by atoms with Crippen molar-refractivity contribution >= 4 is 29.4 Å². The Labute approximate surface area is 164 Å². The molecule has 0 saturated heterocycles. The molecule has 146 valence electrons. The van der Waals surface area contributed by atoms with Crippen molar-refractivity contribution in [2.45, 2.75) is 41.5 Å². The molecule has 0 atom stereocenters. The van der Waals surface area contributed by atoms with Crippen LogP contribution in [0.3, 0.4) is 0 Å². The van der Waals surface area contributed by atoms with Crippen LogP contribution in [0.1, 0.15) is 52.7 Å². The average Bonchev–Trinajstić information content (AvgIpc) is 2.94. The number of rotatable bonds is 2. The summed E-state index contributed by atoms with van der Waals surface area (Å²) in [6.45, 7) is 10.6. The van der Waals surface area contributed by atoms with Gasteiger partial charge in [0.1, 0.15) is 5.75 Å². The van der Waals surface area contributed by atoms with Gasteiger partial charge < -0.3 is 9.47 Å². The molecule has 2 aliphatic carbocycles. The quantitative estimate of drug-likeness (QED) is 0.559. The molecule has 1 aromatic rings. The molecule has 0 N–H and O–H groups in total. The van der Waals surface area contributed by atoms with Gasteiger partial charge in [-0.05, 0) is 88.6 Å². The highest BCUT2D eigenvalue weighted by Crippen LogP contribution is 2.41. The number of esters is 2. The summed E-state index contributed by atoms with van der Waals surface area (Å²) >= 11 is 0. The van der Waals surface area contributed by atoms with Gasteiger partial charge >= 0.3 is 11.9 Å². The lowest BCUT2D eigenvalue weighted by molar-refractivity contribution is -0.150. The number of benzene rings is 1. The summed E-state index contributed by atoms with van der Waals surface area (Å²) in [7, 11) is 0. The highest BCUT2D eigenvalue weighted by molar-refractivity contribution is 6.25. The molecule has 5 nitrogen and oxygen atoms in total. The van der Waals surface area contributed by atoms with Crippen molar-refractivity contribution in [1.29, 1.82) is 0 Å². The van der Waals surface area contributed by atoms with Gasteiger partial charge in [0.05, 0.1) is 10.8 Å². The number of ketones is 1. The predicted octanol–water partition coefficient (Wildman–Crippen LogP) is 4.47. The van der Waals surface area contributed by atoms with Gasteiger partial charge in [0.2, 0.25) is 5.78 Å². The number of carbonyl (C=O) groups is 3. The minimum absolute atomic E-state index is 0.0158. The molecule has 0 amide bonds. The number of hydrogen-bond acceptors (Lipinski definition) is 5. The van der Waals surface area contributed by atoms with Gasteiger partial charge in [-0.25, -0.2) is 0 Å². The molecule has 0 spiro atoms. The zero-order valence-electron chi connectivity index (χ0n) is 17.0. The summed E-state index contributed by atoms with van der Waals surface area (Å²) in [4.78, 5) is 37.0. The van der Waals surface area contributed by atoms with E-state index in [0.29, 0.717) is 11.3 Å². The van der Waals surface area contributed by atoms with Crippen LogP contribution in [0.15, 0.2) is 41.7 Å². The minimum Gasteiger partial charge on any atom is -0.426 e. The maximum Gasteiger partial charge on any atom is 0.316 e. The number of allylic oxidation sites excluding steroid dienone is 4. The number of Topliss-reactive ketones (excluding diaryl/α,β-unsaturated/α-hetero) is 1. The second-order valence-electron chi connectivity index (χ2n) is 9.03. The van der Waals surface area contributed by atoms with E-state index in [4.69, 9.17) is 9.47 Å². The third-order valence-electron chi connectivity index (χ3n) is 4.41. The van der Waals surface area contributed by atoms with Crippen molar-refractivity contribution in [3.8, 4) is 5.75 Å². The molecule has 0 unspecified atom stereocenters. The predicted molar refractivity (Wildman–Crippen MR) is 106 cm³/mol. The fourth-order valence-electron chi connectivity index (χ4n) is 2.68. The van der Waals surface area contributed by atoms with Crippen LogP contribution < -0.4 is 4.74 Å². The van der Waals surface area contributed by atoms with Crippen molar-refractivity contribution in [1.82, 2.24) is 0 Å². The number of carbonyl (C=O) groups excluding carboxylic acids is 3. The Morgan fingerprint density at radius 1 is 0.821 bits per heavy atom. The second-order valence-corrected chi connectivity index (χ2v) is 9.03. The molecule has 0 fully saturated rings. The van der Waals surface area contributed by atoms with Gasteiger partial charge in [-0.15, -0.1) is 0 Å². The summed E-state index contributed by atoms with van der Waals surface area (Å²) in [5, 5.41) is 0. The number of hydrogen-bond donors (Lipinski definition) is 0. The second kappa shape index (κ2) is 6.59. The molecule has 2 aliphatic rings. The van der Waals surface area contributed by atoms with E-state index in [1.807, 2.05) is 6.07 Å². The van der Waals surface area contributed by atoms with Crippen molar-refractivity contribution in [2.75, 3.05) is 0 Å². The van der Waals surface area contributed by atoms with Crippen LogP contribution in [-0.2, 0) is 19.1 Å². The van der Waals surface area contributed by atoms with E-state index in [1.54, 1.807) is 65.8 Å². The molecule has 3 rings (SSSR count). The fourth-order valence-corrected chi connectivity index (χ4v) is 2.68. The third kappa shape index (κ3) is 3.70. The van der Waals surface area contributed by atoms with Crippen LogP contribution in [0.5, 0.6) is 5.75 Å². The molecule has 0 heterocycles. The van der Waals surface area contributed by atoms with Crippen LogP contribution in [-0.4, -0.2) is 17.7 Å². The zero-order valence-corrected chi connectivity index (χ0v) is 17.0. The molecule has 0 aliphatic heterocycles. The van der Waals surface area contributed by atoms with Crippen LogP contribution in [0.25, 0.3) is 11.6 Å². The van der Waals surface area contributed by atoms with Gasteiger partial charge in [0.15, 0.2) is 5.76 Å². The van der Waals surface area contributed by atoms with E-state index in [9.17, 15) is 14.4 Å². The van der Waals surface area contributed by atoms with Crippen molar-refractivity contribution in [3.63, 3.8) is 0 Å². The molecule has 1 aromatic carbocycles. The van der Waals surface area contributed by atoms with Crippen LogP contribution >= 0.6 is 0 Å². The first kappa shape index (κ1) is 19.8. The van der Waals surface area contributed by atoms with E-state index in [0.717, 1.165) is 16.7 Å². The molecular weight excluding hydrogens is 356 g/mol. The Balaban J connectivity index is 1.86. The normalized spacial score (nSPS) is 15.8. The first-order chi connectivity index (χ1) is 12.9. The monoisotopic (exact) mass is 380 g/mol. The molecule has 0 aromatic heterocycles. The summed E-state index contributed by atoms with van der Waals surface area (Å²) in [5.41, 5.74) is 1.57. The summed E-state index contributed by atoms with van der Waals surface area (Å²) in [5.74, 6) is -0.684. The summed E-state index contributed by atoms with van der Waals surface area (Å²) < 4.78 is 10.7. The van der Waals surface area contributed by atoms with Crippen LogP contribution in [0.2, 0.25) is 0 Å². The molecule has 5 heteroatoms. The Bertz CT molecular complexity index is 975. The van der Waals surface area contributed by atoms with E-state index in [-0.39, 0.29) is 17.5 Å². The van der Waals surface area contributed by atoms with Gasteiger partial charge in [-0.2, -0.15) is 0 Å². The van der Waals surface area contributed by atoms with Crippen LogP contribution in [0.4, 0.5) is 0 Å². The number of fused-ring (bicyclic) bond motifs is 3. The van der Waals surface area contributed by atoms with Gasteiger partial charge in [0, 0.05) is 5.57 Å². The Kier molecular flexibility index (Phi) is 4.66. The van der Waals surface area contributed by atoms with Crippen molar-refractivity contribution in [2.24, 2.45) is 10.8 Å². The SMILES string of the molecule is CC(C)(C)C(=O)OC1=CC=C2C(=Cc3cc(OC(=O)C(C)(C)C)ccc32)C1=O. The summed E-state index contributed by atoms with van der Waals surface area (Å²) in [6.07, 6.45) is 5.03. The van der Waals surface area contributed by atoms with Gasteiger partial charge in [-0.3, -0.25) is 14.4 Å². The maximum atomic E-state index is 12.8. The lowest BCUT2D eigenvalue weighted by Crippen LogP contribution is -2.25. The van der Waals surface area contributed by atoms with Gasteiger partial charge in [0.25, 0.3) is 0 Å². The third-order valence-corrected chi connectivity index (χ3v) is 4.41. The lowest BCUT2D eigenvalue weighted by Gasteiger charge is -2.19. The van der Waals surface area contributed by atoms with Gasteiger partial charge in [-0.1, -0.05) is 6.07 Å². The summed E-state index contributed by atoms with van der Waals surface area (Å²) in [6, 6.07) is 5.27. The zero-order chi connectivity index (χ0) is 20.9. The van der Waals surface area contributed by atoms with Crippen molar-refractivity contribution < 1.29 is 23.9 Å². The maximum absolute atomic E-state index is 12.8. The smallest absolute Gasteiger partial charge is 0.316 e. The highest BCUT2D eigenvalue weighted by Gasteiger charge is 2.33. The Morgan fingerprint density at radius 3 is 2.04 bits per heavy atom. The topological polar surface area (TPSA) is 69.7 Å². The largest absolute Gasteiger partial charge is 0.426 e. The molecular formula is C23H24O5. The standard InChI is InChI=1S/C23H24O5/c1-22(2,3)20(25)27-14-7-8-15-13(11-14)12-17-16(15)9-10-18(19(17)24)28-21(26)23(4,5)6/h7-12H,1-6H3. The number of ether oxygens (including phenoxy) is 2. The first-order valence-electron chi connectivity index (χ1n) is 9.15. The average molecular weight is 380 g/mol. The molecule has 28 heavy (non-hydrogen) atoms.